The van der Waals surface area contributed by atoms with E-state index in [9.17, 15) is 9.59 Å². The third-order valence-corrected chi connectivity index (χ3v) is 3.24. The minimum absolute atomic E-state index is 0.0628. The van der Waals surface area contributed by atoms with Crippen LogP contribution in [-0.2, 0) is 9.59 Å². The van der Waals surface area contributed by atoms with Gasteiger partial charge < -0.3 is 10.2 Å². The van der Waals surface area contributed by atoms with Crippen molar-refractivity contribution in [3.63, 3.8) is 0 Å². The molecule has 0 radical (unpaired) electrons. The highest BCUT2D eigenvalue weighted by Crippen LogP contribution is 2.34. The summed E-state index contributed by atoms with van der Waals surface area (Å²) in [6.07, 6.45) is 8.33. The first kappa shape index (κ1) is 16.9. The number of hydrogen-bond donors (Lipinski definition) is 2. The van der Waals surface area contributed by atoms with Crippen LogP contribution < -0.4 is 0 Å². The smallest absolute Gasteiger partial charge is 0.303 e. The summed E-state index contributed by atoms with van der Waals surface area (Å²) in [6.45, 7) is 4.76. The highest BCUT2D eigenvalue weighted by molar-refractivity contribution is 5.67. The summed E-state index contributed by atoms with van der Waals surface area (Å²) in [5, 5.41) is 16.3. The lowest BCUT2D eigenvalue weighted by molar-refractivity contribution is -0.139. The van der Waals surface area contributed by atoms with Gasteiger partial charge in [0.05, 0.1) is 0 Å². The van der Waals surface area contributed by atoms with Gasteiger partial charge in [-0.15, -0.1) is 0 Å². The van der Waals surface area contributed by atoms with Gasteiger partial charge in [0.1, 0.15) is 0 Å². The van der Waals surface area contributed by atoms with Crippen LogP contribution in [0.3, 0.4) is 0 Å². The monoisotopic (exact) mass is 258 g/mol. The fraction of sp³-hybridized carbons (Fsp3) is 0.857. The van der Waals surface area contributed by atoms with E-state index in [1.807, 2.05) is 0 Å². The number of carboxylic acids is 2. The number of carbonyl (C=O) groups is 2. The summed E-state index contributed by atoms with van der Waals surface area (Å²) >= 11 is 0. The Morgan fingerprint density at radius 2 is 1.28 bits per heavy atom. The zero-order chi connectivity index (χ0) is 14.0. The number of rotatable bonds is 5. The average molecular weight is 258 g/mol. The Kier molecular flexibility index (Phi) is 8.42. The Hall–Kier alpha value is -1.06. The van der Waals surface area contributed by atoms with Crippen LogP contribution in [0, 0.1) is 5.41 Å². The van der Waals surface area contributed by atoms with E-state index < -0.39 is 11.9 Å². The molecule has 0 atom stereocenters. The Bertz CT molecular complexity index is 235. The van der Waals surface area contributed by atoms with Crippen molar-refractivity contribution in [2.45, 2.75) is 71.6 Å². The van der Waals surface area contributed by atoms with Gasteiger partial charge in [-0.25, -0.2) is 0 Å². The molecule has 1 aliphatic carbocycles. The molecule has 18 heavy (non-hydrogen) atoms. The minimum Gasteiger partial charge on any atom is -0.481 e. The van der Waals surface area contributed by atoms with Gasteiger partial charge in [-0.05, 0) is 31.1 Å². The second-order valence-corrected chi connectivity index (χ2v) is 5.72. The predicted molar refractivity (Wildman–Crippen MR) is 70.6 cm³/mol. The summed E-state index contributed by atoms with van der Waals surface area (Å²) in [4.78, 5) is 19.8. The molecule has 0 aromatic rings. The molecular weight excluding hydrogens is 232 g/mol. The predicted octanol–water partition coefficient (Wildman–Crippen LogP) is 3.69. The molecule has 2 N–H and O–H groups in total. The van der Waals surface area contributed by atoms with E-state index in [1.54, 1.807) is 0 Å². The van der Waals surface area contributed by atoms with E-state index in [1.165, 1.54) is 32.1 Å². The van der Waals surface area contributed by atoms with Crippen molar-refractivity contribution in [2.75, 3.05) is 0 Å². The number of carboxylic acid groups (broad SMARTS) is 2. The SMILES string of the molecule is CC1(C)CCCCC1.O=C(O)CCCCC(=O)O. The van der Waals surface area contributed by atoms with E-state index in [4.69, 9.17) is 10.2 Å². The average Bonchev–Trinajstić information content (AvgIpc) is 2.24. The zero-order valence-corrected chi connectivity index (χ0v) is 11.6. The molecule has 1 aliphatic rings. The maximum atomic E-state index is 9.90. The maximum Gasteiger partial charge on any atom is 0.303 e. The third kappa shape index (κ3) is 11.4. The topological polar surface area (TPSA) is 74.6 Å². The van der Waals surface area contributed by atoms with Crippen LogP contribution in [0.15, 0.2) is 0 Å². The summed E-state index contributed by atoms with van der Waals surface area (Å²) in [7, 11) is 0. The summed E-state index contributed by atoms with van der Waals surface area (Å²) in [5.74, 6) is -1.74. The molecule has 0 unspecified atom stereocenters. The minimum atomic E-state index is -0.870. The maximum absolute atomic E-state index is 9.90. The molecule has 0 bridgehead atoms. The van der Waals surface area contributed by atoms with Gasteiger partial charge in [0.2, 0.25) is 0 Å². The molecule has 0 aliphatic heterocycles. The standard InChI is InChI=1S/C8H16.C6H10O4/c1-8(2)6-4-3-5-7-8;7-5(8)3-1-2-4-6(9)10/h3-7H2,1-2H3;1-4H2,(H,7,8)(H,9,10). The fourth-order valence-electron chi connectivity index (χ4n) is 2.06. The fourth-order valence-corrected chi connectivity index (χ4v) is 2.06. The molecule has 4 heteroatoms. The quantitative estimate of drug-likeness (QED) is 0.737. The molecule has 0 aromatic carbocycles. The van der Waals surface area contributed by atoms with Crippen molar-refractivity contribution in [1.82, 2.24) is 0 Å². The van der Waals surface area contributed by atoms with Crippen molar-refractivity contribution >= 4 is 11.9 Å². The van der Waals surface area contributed by atoms with E-state index in [2.05, 4.69) is 13.8 Å². The van der Waals surface area contributed by atoms with Crippen LogP contribution in [-0.4, -0.2) is 22.2 Å². The molecule has 0 amide bonds. The first-order chi connectivity index (χ1) is 8.33. The van der Waals surface area contributed by atoms with Crippen molar-refractivity contribution < 1.29 is 19.8 Å². The molecular formula is C14H26O4. The number of unbranched alkanes of at least 4 members (excludes halogenated alkanes) is 1. The third-order valence-electron chi connectivity index (χ3n) is 3.24. The molecule has 4 nitrogen and oxygen atoms in total. The Morgan fingerprint density at radius 1 is 0.889 bits per heavy atom. The molecule has 0 saturated heterocycles. The highest BCUT2D eigenvalue weighted by atomic mass is 16.4. The normalized spacial score (nSPS) is 17.4. The molecule has 0 spiro atoms. The summed E-state index contributed by atoms with van der Waals surface area (Å²) < 4.78 is 0. The van der Waals surface area contributed by atoms with Gasteiger partial charge >= 0.3 is 11.9 Å². The first-order valence-electron chi connectivity index (χ1n) is 6.77. The molecule has 1 fully saturated rings. The van der Waals surface area contributed by atoms with Gasteiger partial charge in [-0.3, -0.25) is 9.59 Å². The van der Waals surface area contributed by atoms with Gasteiger partial charge in [-0.2, -0.15) is 0 Å². The van der Waals surface area contributed by atoms with Gasteiger partial charge in [0.25, 0.3) is 0 Å². The van der Waals surface area contributed by atoms with Crippen LogP contribution >= 0.6 is 0 Å². The lowest BCUT2D eigenvalue weighted by atomic mass is 9.78. The lowest BCUT2D eigenvalue weighted by Gasteiger charge is -2.28. The van der Waals surface area contributed by atoms with Crippen LogP contribution in [0.5, 0.6) is 0 Å². The molecule has 106 valence electrons. The van der Waals surface area contributed by atoms with E-state index >= 15 is 0 Å². The number of hydrogen-bond acceptors (Lipinski definition) is 2. The van der Waals surface area contributed by atoms with Crippen molar-refractivity contribution in [2.24, 2.45) is 5.41 Å². The van der Waals surface area contributed by atoms with Gasteiger partial charge in [-0.1, -0.05) is 33.1 Å². The Labute approximate surface area is 109 Å². The first-order valence-corrected chi connectivity index (χ1v) is 6.77. The number of aliphatic carboxylic acids is 2. The van der Waals surface area contributed by atoms with Crippen LogP contribution in [0.4, 0.5) is 0 Å². The second-order valence-electron chi connectivity index (χ2n) is 5.72. The van der Waals surface area contributed by atoms with E-state index in [0.717, 1.165) is 0 Å². The lowest BCUT2D eigenvalue weighted by Crippen LogP contribution is -2.14. The largest absolute Gasteiger partial charge is 0.481 e. The Balaban J connectivity index is 0.000000327. The molecule has 0 heterocycles. The zero-order valence-electron chi connectivity index (χ0n) is 11.6. The van der Waals surface area contributed by atoms with Crippen molar-refractivity contribution in [3.05, 3.63) is 0 Å². The van der Waals surface area contributed by atoms with Crippen molar-refractivity contribution in [1.29, 1.82) is 0 Å². The van der Waals surface area contributed by atoms with Crippen LogP contribution in [0.2, 0.25) is 0 Å². The van der Waals surface area contributed by atoms with Gasteiger partial charge in [0.15, 0.2) is 0 Å². The molecule has 0 aromatic heterocycles. The van der Waals surface area contributed by atoms with E-state index in [-0.39, 0.29) is 12.8 Å². The summed E-state index contributed by atoms with van der Waals surface area (Å²) in [6, 6.07) is 0. The van der Waals surface area contributed by atoms with Crippen LogP contribution in [0.1, 0.15) is 71.6 Å². The second kappa shape index (κ2) is 8.95. The van der Waals surface area contributed by atoms with Crippen LogP contribution in [0.25, 0.3) is 0 Å². The van der Waals surface area contributed by atoms with Gasteiger partial charge in [0, 0.05) is 12.8 Å². The summed E-state index contributed by atoms with van der Waals surface area (Å²) in [5.41, 5.74) is 0.679. The van der Waals surface area contributed by atoms with Crippen molar-refractivity contribution in [3.8, 4) is 0 Å². The van der Waals surface area contributed by atoms with E-state index in [0.29, 0.717) is 18.3 Å². The molecule has 1 saturated carbocycles. The molecule has 1 rings (SSSR count). The highest BCUT2D eigenvalue weighted by Gasteiger charge is 2.19. The Morgan fingerprint density at radius 3 is 1.50 bits per heavy atom.